The van der Waals surface area contributed by atoms with E-state index < -0.39 is 10.0 Å². The standard InChI is InChI=1S/C19H30N2O4S/c1-15(2)10-11-20-26(23,24)16-8-9-18(25-3)17(14-16)19(22)21-12-6-4-5-7-13-21/h8-9,14-15,20H,4-7,10-13H2,1-3H3. The van der Waals surface area contributed by atoms with Gasteiger partial charge in [-0.1, -0.05) is 26.7 Å². The van der Waals surface area contributed by atoms with E-state index in [2.05, 4.69) is 4.72 Å². The number of methoxy groups -OCH3 is 1. The second-order valence-corrected chi connectivity index (χ2v) is 8.92. The molecule has 1 heterocycles. The number of hydrogen-bond donors (Lipinski definition) is 1. The zero-order valence-electron chi connectivity index (χ0n) is 16.0. The first-order chi connectivity index (χ1) is 12.3. The molecule has 0 saturated carbocycles. The summed E-state index contributed by atoms with van der Waals surface area (Å²) < 4.78 is 33.0. The quantitative estimate of drug-likeness (QED) is 0.786. The summed E-state index contributed by atoms with van der Waals surface area (Å²) in [6.45, 7) is 5.86. The normalized spacial score (nSPS) is 15.8. The average Bonchev–Trinajstić information content (AvgIpc) is 2.89. The number of amides is 1. The molecular weight excluding hydrogens is 352 g/mol. The van der Waals surface area contributed by atoms with Gasteiger partial charge in [0.2, 0.25) is 10.0 Å². The van der Waals surface area contributed by atoms with Crippen LogP contribution >= 0.6 is 0 Å². The van der Waals surface area contributed by atoms with Crippen LogP contribution in [0.5, 0.6) is 5.75 Å². The minimum Gasteiger partial charge on any atom is -0.496 e. The Kier molecular flexibility index (Phi) is 7.46. The molecule has 0 spiro atoms. The Labute approximate surface area is 157 Å². The average molecular weight is 383 g/mol. The molecule has 0 atom stereocenters. The molecule has 1 N–H and O–H groups in total. The molecule has 0 aliphatic carbocycles. The Morgan fingerprint density at radius 1 is 1.19 bits per heavy atom. The molecule has 0 radical (unpaired) electrons. The number of nitrogens with one attached hydrogen (secondary N) is 1. The number of sulfonamides is 1. The van der Waals surface area contributed by atoms with Crippen LogP contribution in [0.4, 0.5) is 0 Å². The largest absolute Gasteiger partial charge is 0.496 e. The molecule has 1 saturated heterocycles. The fourth-order valence-electron chi connectivity index (χ4n) is 3.03. The maximum Gasteiger partial charge on any atom is 0.257 e. The van der Waals surface area contributed by atoms with Crippen molar-refractivity contribution in [3.05, 3.63) is 23.8 Å². The van der Waals surface area contributed by atoms with Gasteiger partial charge in [0.1, 0.15) is 5.75 Å². The third kappa shape index (κ3) is 5.45. The van der Waals surface area contributed by atoms with Crippen molar-refractivity contribution in [2.45, 2.75) is 50.8 Å². The monoisotopic (exact) mass is 382 g/mol. The summed E-state index contributed by atoms with van der Waals surface area (Å²) in [5, 5.41) is 0. The molecule has 0 unspecified atom stereocenters. The maximum absolute atomic E-state index is 12.9. The van der Waals surface area contributed by atoms with Gasteiger partial charge in [0, 0.05) is 19.6 Å². The second-order valence-electron chi connectivity index (χ2n) is 7.15. The van der Waals surface area contributed by atoms with E-state index in [9.17, 15) is 13.2 Å². The van der Waals surface area contributed by atoms with Crippen molar-refractivity contribution in [1.29, 1.82) is 0 Å². The van der Waals surface area contributed by atoms with Crippen LogP contribution < -0.4 is 9.46 Å². The van der Waals surface area contributed by atoms with E-state index in [4.69, 9.17) is 4.74 Å². The van der Waals surface area contributed by atoms with E-state index in [1.54, 1.807) is 11.0 Å². The summed E-state index contributed by atoms with van der Waals surface area (Å²) >= 11 is 0. The van der Waals surface area contributed by atoms with Crippen LogP contribution in [-0.4, -0.2) is 46.0 Å². The van der Waals surface area contributed by atoms with Crippen LogP contribution in [0.25, 0.3) is 0 Å². The zero-order valence-corrected chi connectivity index (χ0v) is 16.8. The molecule has 1 aliphatic heterocycles. The van der Waals surface area contributed by atoms with E-state index in [-0.39, 0.29) is 10.8 Å². The molecule has 146 valence electrons. The van der Waals surface area contributed by atoms with Gasteiger partial charge < -0.3 is 9.64 Å². The van der Waals surface area contributed by atoms with Crippen LogP contribution in [0.2, 0.25) is 0 Å². The van der Waals surface area contributed by atoms with Gasteiger partial charge in [-0.05, 0) is 43.4 Å². The first-order valence-corrected chi connectivity index (χ1v) is 10.8. The molecular formula is C19H30N2O4S. The van der Waals surface area contributed by atoms with E-state index >= 15 is 0 Å². The zero-order chi connectivity index (χ0) is 19.2. The number of carbonyl (C=O) groups excluding carboxylic acids is 1. The molecule has 1 amide bonds. The summed E-state index contributed by atoms with van der Waals surface area (Å²) in [5.74, 6) is 0.650. The molecule has 6 nitrogen and oxygen atoms in total. The predicted octanol–water partition coefficient (Wildman–Crippen LogP) is 3.04. The highest BCUT2D eigenvalue weighted by Gasteiger charge is 2.24. The number of rotatable bonds is 7. The Balaban J connectivity index is 2.25. The highest BCUT2D eigenvalue weighted by molar-refractivity contribution is 7.89. The van der Waals surface area contributed by atoms with Crippen LogP contribution in [-0.2, 0) is 10.0 Å². The van der Waals surface area contributed by atoms with Crippen molar-refractivity contribution in [1.82, 2.24) is 9.62 Å². The van der Waals surface area contributed by atoms with Gasteiger partial charge in [0.15, 0.2) is 0 Å². The molecule has 0 aromatic heterocycles. The SMILES string of the molecule is COc1ccc(S(=O)(=O)NCCC(C)C)cc1C(=O)N1CCCCCC1. The number of likely N-dealkylation sites (tertiary alicyclic amines) is 1. The summed E-state index contributed by atoms with van der Waals surface area (Å²) in [5.41, 5.74) is 0.307. The minimum absolute atomic E-state index is 0.0974. The Bertz CT molecular complexity index is 708. The summed E-state index contributed by atoms with van der Waals surface area (Å²) in [6, 6.07) is 4.47. The van der Waals surface area contributed by atoms with Crippen molar-refractivity contribution in [3.8, 4) is 5.75 Å². The Hall–Kier alpha value is -1.60. The van der Waals surface area contributed by atoms with Crippen molar-refractivity contribution in [2.75, 3.05) is 26.7 Å². The van der Waals surface area contributed by atoms with Gasteiger partial charge in [-0.2, -0.15) is 0 Å². The smallest absolute Gasteiger partial charge is 0.257 e. The van der Waals surface area contributed by atoms with Gasteiger partial charge in [-0.3, -0.25) is 4.79 Å². The van der Waals surface area contributed by atoms with Crippen molar-refractivity contribution >= 4 is 15.9 Å². The highest BCUT2D eigenvalue weighted by Crippen LogP contribution is 2.25. The summed E-state index contributed by atoms with van der Waals surface area (Å²) in [6.07, 6.45) is 4.95. The van der Waals surface area contributed by atoms with Crippen molar-refractivity contribution in [2.24, 2.45) is 5.92 Å². The molecule has 1 aromatic rings. The lowest BCUT2D eigenvalue weighted by atomic mass is 10.1. The molecule has 2 rings (SSSR count). The second kappa shape index (κ2) is 9.37. The fraction of sp³-hybridized carbons (Fsp3) is 0.632. The van der Waals surface area contributed by atoms with Crippen molar-refractivity contribution in [3.63, 3.8) is 0 Å². The van der Waals surface area contributed by atoms with E-state index in [0.717, 1.165) is 32.1 Å². The van der Waals surface area contributed by atoms with Gasteiger partial charge in [-0.25, -0.2) is 13.1 Å². The van der Waals surface area contributed by atoms with Crippen LogP contribution in [0.15, 0.2) is 23.1 Å². The first-order valence-electron chi connectivity index (χ1n) is 9.32. The maximum atomic E-state index is 12.9. The molecule has 1 aliphatic rings. The predicted molar refractivity (Wildman–Crippen MR) is 102 cm³/mol. The lowest BCUT2D eigenvalue weighted by Gasteiger charge is -2.22. The molecule has 26 heavy (non-hydrogen) atoms. The summed E-state index contributed by atoms with van der Waals surface area (Å²) in [7, 11) is -2.16. The fourth-order valence-corrected chi connectivity index (χ4v) is 4.10. The Morgan fingerprint density at radius 3 is 2.42 bits per heavy atom. The van der Waals surface area contributed by atoms with E-state index in [1.807, 2.05) is 13.8 Å². The first kappa shape index (κ1) is 20.7. The van der Waals surface area contributed by atoms with Gasteiger partial charge in [0.05, 0.1) is 17.6 Å². The number of carbonyl (C=O) groups is 1. The molecule has 1 fully saturated rings. The Morgan fingerprint density at radius 2 is 1.85 bits per heavy atom. The van der Waals surface area contributed by atoms with E-state index in [0.29, 0.717) is 36.9 Å². The lowest BCUT2D eigenvalue weighted by Crippen LogP contribution is -2.32. The molecule has 1 aromatic carbocycles. The van der Waals surface area contributed by atoms with Gasteiger partial charge >= 0.3 is 0 Å². The van der Waals surface area contributed by atoms with Crippen LogP contribution in [0, 0.1) is 5.92 Å². The molecule has 7 heteroatoms. The van der Waals surface area contributed by atoms with Gasteiger partial charge in [-0.15, -0.1) is 0 Å². The summed E-state index contributed by atoms with van der Waals surface area (Å²) in [4.78, 5) is 14.8. The van der Waals surface area contributed by atoms with Crippen LogP contribution in [0.1, 0.15) is 56.3 Å². The van der Waals surface area contributed by atoms with Crippen LogP contribution in [0.3, 0.4) is 0 Å². The van der Waals surface area contributed by atoms with Gasteiger partial charge in [0.25, 0.3) is 5.91 Å². The lowest BCUT2D eigenvalue weighted by molar-refractivity contribution is 0.0758. The molecule has 0 bridgehead atoms. The number of hydrogen-bond acceptors (Lipinski definition) is 4. The third-order valence-electron chi connectivity index (χ3n) is 4.62. The number of ether oxygens (including phenoxy) is 1. The third-order valence-corrected chi connectivity index (χ3v) is 6.08. The van der Waals surface area contributed by atoms with E-state index in [1.165, 1.54) is 19.2 Å². The number of benzene rings is 1. The number of nitrogens with zero attached hydrogens (tertiary/aromatic N) is 1. The topological polar surface area (TPSA) is 75.7 Å². The highest BCUT2D eigenvalue weighted by atomic mass is 32.2. The minimum atomic E-state index is -3.65. The van der Waals surface area contributed by atoms with Crippen molar-refractivity contribution < 1.29 is 17.9 Å².